The topological polar surface area (TPSA) is 165 Å². The Kier molecular flexibility index (Phi) is 5.78. The predicted octanol–water partition coefficient (Wildman–Crippen LogP) is -0.388. The Bertz CT molecular complexity index is 932. The molecule has 0 spiro atoms. The lowest BCUT2D eigenvalue weighted by Gasteiger charge is -2.24. The summed E-state index contributed by atoms with van der Waals surface area (Å²) in [6.07, 6.45) is -6.58. The van der Waals surface area contributed by atoms with Gasteiger partial charge in [-0.15, -0.1) is 0 Å². The van der Waals surface area contributed by atoms with Crippen LogP contribution < -0.4 is 5.73 Å². The van der Waals surface area contributed by atoms with Crippen molar-refractivity contribution in [1.82, 2.24) is 14.6 Å². The van der Waals surface area contributed by atoms with E-state index < -0.39 is 56.1 Å². The zero-order chi connectivity index (χ0) is 21.2. The normalized spacial score (nSPS) is 26.6. The Hall–Kier alpha value is -3.08. The zero-order valence-corrected chi connectivity index (χ0v) is 14.8. The number of fused-ring (bicyclic) bond motifs is 1. The summed E-state index contributed by atoms with van der Waals surface area (Å²) in [6, 6.07) is 4.74. The van der Waals surface area contributed by atoms with Gasteiger partial charge in [-0.1, -0.05) is 0 Å². The van der Waals surface area contributed by atoms with Crippen LogP contribution in [0.3, 0.4) is 0 Å². The molecule has 1 aliphatic heterocycles. The highest BCUT2D eigenvalue weighted by Crippen LogP contribution is 2.40. The van der Waals surface area contributed by atoms with Gasteiger partial charge in [-0.05, 0) is 12.1 Å². The highest BCUT2D eigenvalue weighted by Gasteiger charge is 2.57. The summed E-state index contributed by atoms with van der Waals surface area (Å²) in [6.45, 7) is -3.13. The first-order valence-electron chi connectivity index (χ1n) is 8.37. The molecule has 4 N–H and O–H groups in total. The number of halogens is 2. The fraction of sp³-hybridized carbons (Fsp3) is 0.500. The Morgan fingerprint density at radius 3 is 2.83 bits per heavy atom. The summed E-state index contributed by atoms with van der Waals surface area (Å²) in [5.41, 5.74) is 4.10. The molecule has 2 aromatic heterocycles. The molecule has 1 saturated heterocycles. The van der Waals surface area contributed by atoms with Crippen molar-refractivity contribution in [3.05, 3.63) is 24.2 Å². The summed E-state index contributed by atoms with van der Waals surface area (Å²) in [4.78, 5) is 15.3. The number of aliphatic hydroxyl groups excluding tert-OH is 2. The number of carbonyl (C=O) groups is 1. The van der Waals surface area contributed by atoms with Crippen LogP contribution in [0.15, 0.2) is 18.5 Å². The van der Waals surface area contributed by atoms with Gasteiger partial charge in [0.1, 0.15) is 56.2 Å². The van der Waals surface area contributed by atoms with Crippen molar-refractivity contribution < 1.29 is 38.0 Å². The highest BCUT2D eigenvalue weighted by atomic mass is 19.1. The van der Waals surface area contributed by atoms with Crippen molar-refractivity contribution in [3.8, 4) is 6.07 Å². The average molecular weight is 413 g/mol. The van der Waals surface area contributed by atoms with Gasteiger partial charge in [0.2, 0.25) is 5.60 Å². The lowest BCUT2D eigenvalue weighted by Crippen LogP contribution is -2.41. The van der Waals surface area contributed by atoms with E-state index in [4.69, 9.17) is 10.5 Å². The summed E-state index contributed by atoms with van der Waals surface area (Å²) in [5.74, 6) is 0.116. The number of hydrogen-bond acceptors (Lipinski definition) is 10. The first kappa shape index (κ1) is 20.6. The minimum absolute atomic E-state index is 0.0654. The number of rotatable bonds is 6. The molecule has 0 radical (unpaired) electrons. The van der Waals surface area contributed by atoms with Crippen LogP contribution in [0.1, 0.15) is 5.69 Å². The second-order valence-electron chi connectivity index (χ2n) is 6.21. The molecule has 11 nitrogen and oxygen atoms in total. The van der Waals surface area contributed by atoms with Crippen molar-refractivity contribution in [2.45, 2.75) is 30.0 Å². The molecule has 0 unspecified atom stereocenters. The number of nitriles is 1. The van der Waals surface area contributed by atoms with E-state index in [-0.39, 0.29) is 11.5 Å². The number of alkyl halides is 2. The Morgan fingerprint density at radius 2 is 2.17 bits per heavy atom. The van der Waals surface area contributed by atoms with Crippen molar-refractivity contribution in [1.29, 1.82) is 5.26 Å². The number of ether oxygens (including phenoxy) is 3. The van der Waals surface area contributed by atoms with Crippen molar-refractivity contribution in [2.24, 2.45) is 0 Å². The van der Waals surface area contributed by atoms with Crippen molar-refractivity contribution in [2.75, 3.05) is 25.7 Å². The fourth-order valence-electron chi connectivity index (χ4n) is 2.97. The molecular weight excluding hydrogens is 396 g/mol. The predicted molar refractivity (Wildman–Crippen MR) is 89.7 cm³/mol. The van der Waals surface area contributed by atoms with Gasteiger partial charge in [0.05, 0.1) is 5.69 Å². The standard InChI is InChI=1S/C16H17F2N5O6/c17-3-8(4-18)28-15(26)27-5-10-12(24)13(25)16(6-19,29-10)11-2-1-9-14(20)21-7-22-23(9)11/h1-2,7-8,10,12-13,24-25H,3-5H2,(H2,20,21,22)/t10-,12-,13-,16+/m1/s1. The number of nitrogens with two attached hydrogens (primary N) is 1. The lowest BCUT2D eigenvalue weighted by molar-refractivity contribution is -0.0761. The largest absolute Gasteiger partial charge is 0.508 e. The summed E-state index contributed by atoms with van der Waals surface area (Å²) < 4.78 is 40.7. The molecule has 156 valence electrons. The van der Waals surface area contributed by atoms with E-state index in [0.29, 0.717) is 5.52 Å². The Labute approximate surface area is 162 Å². The molecule has 13 heteroatoms. The van der Waals surface area contributed by atoms with E-state index in [1.807, 2.05) is 6.07 Å². The van der Waals surface area contributed by atoms with Gasteiger partial charge in [0.25, 0.3) is 0 Å². The number of aromatic nitrogens is 3. The molecule has 0 aromatic carbocycles. The molecule has 0 bridgehead atoms. The zero-order valence-electron chi connectivity index (χ0n) is 14.8. The van der Waals surface area contributed by atoms with E-state index in [1.54, 1.807) is 0 Å². The summed E-state index contributed by atoms with van der Waals surface area (Å²) >= 11 is 0. The van der Waals surface area contributed by atoms with Crippen LogP contribution in [0.2, 0.25) is 0 Å². The van der Waals surface area contributed by atoms with Gasteiger partial charge in [0.15, 0.2) is 11.9 Å². The summed E-state index contributed by atoms with van der Waals surface area (Å²) in [5, 5.41) is 34.5. The van der Waals surface area contributed by atoms with Crippen LogP contribution in [0.5, 0.6) is 0 Å². The lowest BCUT2D eigenvalue weighted by atomic mass is 9.92. The molecule has 0 amide bonds. The maximum atomic E-state index is 12.4. The molecule has 3 heterocycles. The van der Waals surface area contributed by atoms with E-state index in [9.17, 15) is 29.1 Å². The number of aliphatic hydroxyl groups is 2. The first-order chi connectivity index (χ1) is 13.9. The van der Waals surface area contributed by atoms with Crippen LogP contribution >= 0.6 is 0 Å². The number of hydrogen-bond donors (Lipinski definition) is 3. The fourth-order valence-corrected chi connectivity index (χ4v) is 2.97. The van der Waals surface area contributed by atoms with Crippen LogP contribution in [-0.4, -0.2) is 75.3 Å². The number of nitrogens with zero attached hydrogens (tertiary/aromatic N) is 4. The van der Waals surface area contributed by atoms with Crippen LogP contribution in [0.25, 0.3) is 5.52 Å². The minimum Gasteiger partial charge on any atom is -0.431 e. The number of anilines is 1. The van der Waals surface area contributed by atoms with E-state index in [1.165, 1.54) is 16.6 Å². The smallest absolute Gasteiger partial charge is 0.431 e. The van der Waals surface area contributed by atoms with Crippen LogP contribution in [-0.2, 0) is 19.8 Å². The third-order valence-corrected chi connectivity index (χ3v) is 4.46. The molecule has 29 heavy (non-hydrogen) atoms. The number of nitrogen functional groups attached to an aromatic ring is 1. The maximum Gasteiger partial charge on any atom is 0.508 e. The molecule has 1 fully saturated rings. The third kappa shape index (κ3) is 3.53. The Morgan fingerprint density at radius 1 is 1.45 bits per heavy atom. The van der Waals surface area contributed by atoms with Gasteiger partial charge in [-0.2, -0.15) is 10.4 Å². The SMILES string of the molecule is N#C[C@@]1(c2ccc3c(N)ncnn23)O[C@H](COC(=O)OC(CF)CF)[C@@H](O)[C@H]1O. The quantitative estimate of drug-likeness (QED) is 0.531. The Balaban J connectivity index is 1.80. The van der Waals surface area contributed by atoms with E-state index in [2.05, 4.69) is 19.6 Å². The maximum absolute atomic E-state index is 12.4. The molecular formula is C16H17F2N5O6. The van der Waals surface area contributed by atoms with Gasteiger partial charge in [0, 0.05) is 0 Å². The second kappa shape index (κ2) is 8.11. The van der Waals surface area contributed by atoms with Gasteiger partial charge >= 0.3 is 6.16 Å². The van der Waals surface area contributed by atoms with E-state index in [0.717, 1.165) is 6.33 Å². The average Bonchev–Trinajstić information content (AvgIpc) is 3.26. The summed E-state index contributed by atoms with van der Waals surface area (Å²) in [7, 11) is 0. The first-order valence-corrected chi connectivity index (χ1v) is 8.37. The number of carbonyl (C=O) groups excluding carboxylic acids is 1. The second-order valence-corrected chi connectivity index (χ2v) is 6.21. The molecule has 2 aromatic rings. The van der Waals surface area contributed by atoms with Gasteiger partial charge in [-0.3, -0.25) is 0 Å². The van der Waals surface area contributed by atoms with Crippen molar-refractivity contribution in [3.63, 3.8) is 0 Å². The molecule has 1 aliphatic rings. The van der Waals surface area contributed by atoms with Gasteiger partial charge < -0.3 is 30.2 Å². The molecule has 0 aliphatic carbocycles. The molecule has 4 atom stereocenters. The third-order valence-electron chi connectivity index (χ3n) is 4.46. The van der Waals surface area contributed by atoms with Crippen molar-refractivity contribution >= 4 is 17.5 Å². The van der Waals surface area contributed by atoms with Crippen LogP contribution in [0.4, 0.5) is 19.4 Å². The van der Waals surface area contributed by atoms with Crippen LogP contribution in [0, 0.1) is 11.3 Å². The highest BCUT2D eigenvalue weighted by molar-refractivity contribution is 5.66. The molecule has 0 saturated carbocycles. The monoisotopic (exact) mass is 413 g/mol. The minimum atomic E-state index is -2.06. The van der Waals surface area contributed by atoms with E-state index >= 15 is 0 Å². The van der Waals surface area contributed by atoms with Gasteiger partial charge in [-0.25, -0.2) is 23.1 Å². The molecule has 3 rings (SSSR count).